The fourth-order valence-corrected chi connectivity index (χ4v) is 2.57. The highest BCUT2D eigenvalue weighted by Gasteiger charge is 2.39. The van der Waals surface area contributed by atoms with E-state index in [2.05, 4.69) is 11.9 Å². The minimum atomic E-state index is -1.10. The number of carbonyl (C=O) groups excluding carboxylic acids is 1. The Morgan fingerprint density at radius 2 is 1.91 bits per heavy atom. The van der Waals surface area contributed by atoms with Gasteiger partial charge in [-0.25, -0.2) is 0 Å². The van der Waals surface area contributed by atoms with Crippen molar-refractivity contribution < 1.29 is 14.7 Å². The first kappa shape index (κ1) is 18.0. The molecule has 1 aromatic carbocycles. The summed E-state index contributed by atoms with van der Waals surface area (Å²) in [5.41, 5.74) is 0.545. The topological polar surface area (TPSA) is 66.4 Å². The largest absolute Gasteiger partial charge is 0.481 e. The highest BCUT2D eigenvalue weighted by Crippen LogP contribution is 2.28. The van der Waals surface area contributed by atoms with Crippen molar-refractivity contribution in [2.24, 2.45) is 5.92 Å². The number of nitrogens with one attached hydrogen (secondary N) is 1. The lowest BCUT2D eigenvalue weighted by molar-refractivity contribution is -0.144. The van der Waals surface area contributed by atoms with Crippen molar-refractivity contribution in [3.8, 4) is 0 Å². The molecule has 2 atom stereocenters. The summed E-state index contributed by atoms with van der Waals surface area (Å²) in [7, 11) is 0. The minimum Gasteiger partial charge on any atom is -0.481 e. The van der Waals surface area contributed by atoms with Crippen molar-refractivity contribution in [3.63, 3.8) is 0 Å². The first-order valence-electron chi connectivity index (χ1n) is 7.54. The number of carbonyl (C=O) groups is 2. The Hall–Kier alpha value is -2.10. The molecule has 0 bridgehead atoms. The van der Waals surface area contributed by atoms with E-state index in [1.54, 1.807) is 12.1 Å². The maximum Gasteiger partial charge on any atom is 0.315 e. The molecule has 0 aliphatic heterocycles. The number of carboxylic acid groups (broad SMARTS) is 1. The van der Waals surface area contributed by atoms with E-state index in [1.807, 2.05) is 39.0 Å². The molecule has 4 heteroatoms. The van der Waals surface area contributed by atoms with Crippen LogP contribution in [0.4, 0.5) is 0 Å². The standard InChI is InChI=1S/C18H25NO3/c1-5-18(17(21)22,15-9-7-6-8-10-15)12-19-16(20)14(4)11-13(2)3/h6-10,14H,2,5,11-12H2,1,3-4H3,(H,19,20)(H,21,22). The molecule has 1 rings (SSSR count). The second-order valence-electron chi connectivity index (χ2n) is 5.89. The molecule has 0 aliphatic rings. The molecule has 2 N–H and O–H groups in total. The van der Waals surface area contributed by atoms with E-state index in [9.17, 15) is 14.7 Å². The summed E-state index contributed by atoms with van der Waals surface area (Å²) in [6.45, 7) is 9.41. The van der Waals surface area contributed by atoms with Gasteiger partial charge in [0.05, 0.1) is 0 Å². The zero-order chi connectivity index (χ0) is 16.8. The molecule has 0 saturated heterocycles. The summed E-state index contributed by atoms with van der Waals surface area (Å²) in [6.07, 6.45) is 1.00. The van der Waals surface area contributed by atoms with Crippen molar-refractivity contribution in [2.45, 2.75) is 39.0 Å². The van der Waals surface area contributed by atoms with Crippen LogP contribution in [-0.2, 0) is 15.0 Å². The molecule has 2 unspecified atom stereocenters. The van der Waals surface area contributed by atoms with Gasteiger partial charge in [0.1, 0.15) is 5.41 Å². The average Bonchev–Trinajstić information content (AvgIpc) is 2.48. The molecule has 0 fully saturated rings. The maximum atomic E-state index is 12.1. The molecular formula is C18H25NO3. The zero-order valence-corrected chi connectivity index (χ0v) is 13.6. The Kier molecular flexibility index (Phi) is 6.35. The summed E-state index contributed by atoms with van der Waals surface area (Å²) < 4.78 is 0. The molecule has 0 saturated carbocycles. The normalized spacial score (nSPS) is 14.7. The van der Waals surface area contributed by atoms with Gasteiger partial charge >= 0.3 is 5.97 Å². The van der Waals surface area contributed by atoms with Crippen LogP contribution in [0.2, 0.25) is 0 Å². The Morgan fingerprint density at radius 1 is 1.32 bits per heavy atom. The molecule has 0 heterocycles. The first-order valence-corrected chi connectivity index (χ1v) is 7.54. The van der Waals surface area contributed by atoms with Gasteiger partial charge in [0.2, 0.25) is 5.91 Å². The minimum absolute atomic E-state index is 0.0855. The van der Waals surface area contributed by atoms with Crippen LogP contribution in [0.15, 0.2) is 42.5 Å². The number of rotatable bonds is 8. The highest BCUT2D eigenvalue weighted by molar-refractivity contribution is 5.84. The quantitative estimate of drug-likeness (QED) is 0.725. The lowest BCUT2D eigenvalue weighted by Gasteiger charge is -2.29. The van der Waals surface area contributed by atoms with Crippen LogP contribution in [0.1, 0.15) is 39.2 Å². The molecule has 0 radical (unpaired) electrons. The van der Waals surface area contributed by atoms with E-state index in [0.717, 1.165) is 5.57 Å². The number of carboxylic acids is 1. The molecule has 1 aromatic rings. The van der Waals surface area contributed by atoms with E-state index >= 15 is 0 Å². The third kappa shape index (κ3) is 4.20. The van der Waals surface area contributed by atoms with Gasteiger partial charge < -0.3 is 10.4 Å². The summed E-state index contributed by atoms with van der Waals surface area (Å²) >= 11 is 0. The fraction of sp³-hybridized carbons (Fsp3) is 0.444. The lowest BCUT2D eigenvalue weighted by Crippen LogP contribution is -2.47. The molecule has 0 aliphatic carbocycles. The number of benzene rings is 1. The third-order valence-electron chi connectivity index (χ3n) is 4.01. The van der Waals surface area contributed by atoms with Crippen molar-refractivity contribution in [1.29, 1.82) is 0 Å². The number of hydrogen-bond donors (Lipinski definition) is 2. The molecule has 0 spiro atoms. The Labute approximate surface area is 132 Å². The van der Waals surface area contributed by atoms with Crippen molar-refractivity contribution in [3.05, 3.63) is 48.0 Å². The van der Waals surface area contributed by atoms with Gasteiger partial charge in [-0.3, -0.25) is 9.59 Å². The Bertz CT molecular complexity index is 539. The van der Waals surface area contributed by atoms with Crippen LogP contribution in [0.25, 0.3) is 0 Å². The summed E-state index contributed by atoms with van der Waals surface area (Å²) in [5.74, 6) is -1.27. The predicted octanol–water partition coefficient (Wildman–Crippen LogP) is 3.14. The first-order chi connectivity index (χ1) is 10.3. The number of allylic oxidation sites excluding steroid dienone is 1. The predicted molar refractivity (Wildman–Crippen MR) is 87.7 cm³/mol. The second kappa shape index (κ2) is 7.78. The molecule has 22 heavy (non-hydrogen) atoms. The van der Waals surface area contributed by atoms with Crippen LogP contribution in [0.5, 0.6) is 0 Å². The van der Waals surface area contributed by atoms with Gasteiger partial charge in [-0.2, -0.15) is 0 Å². The van der Waals surface area contributed by atoms with Gasteiger partial charge in [0.15, 0.2) is 0 Å². The monoisotopic (exact) mass is 303 g/mol. The number of amides is 1. The fourth-order valence-electron chi connectivity index (χ4n) is 2.57. The van der Waals surface area contributed by atoms with Gasteiger partial charge in [-0.15, -0.1) is 6.58 Å². The van der Waals surface area contributed by atoms with E-state index in [1.165, 1.54) is 0 Å². The molecule has 0 aromatic heterocycles. The summed E-state index contributed by atoms with van der Waals surface area (Å²) in [4.78, 5) is 24.0. The van der Waals surface area contributed by atoms with Gasteiger partial charge in [0, 0.05) is 12.5 Å². The van der Waals surface area contributed by atoms with E-state index in [4.69, 9.17) is 0 Å². The van der Waals surface area contributed by atoms with Crippen LogP contribution in [0.3, 0.4) is 0 Å². The van der Waals surface area contributed by atoms with Crippen LogP contribution in [-0.4, -0.2) is 23.5 Å². The SMILES string of the molecule is C=C(C)CC(C)C(=O)NCC(CC)(C(=O)O)c1ccccc1. The Morgan fingerprint density at radius 3 is 2.36 bits per heavy atom. The smallest absolute Gasteiger partial charge is 0.315 e. The van der Waals surface area contributed by atoms with E-state index in [-0.39, 0.29) is 18.4 Å². The van der Waals surface area contributed by atoms with E-state index in [0.29, 0.717) is 18.4 Å². The molecular weight excluding hydrogens is 278 g/mol. The van der Waals surface area contributed by atoms with Crippen molar-refractivity contribution in [2.75, 3.05) is 6.54 Å². The number of aliphatic carboxylic acids is 1. The highest BCUT2D eigenvalue weighted by atomic mass is 16.4. The molecule has 4 nitrogen and oxygen atoms in total. The Balaban J connectivity index is 2.90. The molecule has 120 valence electrons. The summed E-state index contributed by atoms with van der Waals surface area (Å²) in [5, 5.41) is 12.5. The lowest BCUT2D eigenvalue weighted by atomic mass is 9.78. The van der Waals surface area contributed by atoms with Crippen LogP contribution >= 0.6 is 0 Å². The summed E-state index contributed by atoms with van der Waals surface area (Å²) in [6, 6.07) is 9.06. The zero-order valence-electron chi connectivity index (χ0n) is 13.6. The van der Waals surface area contributed by atoms with E-state index < -0.39 is 11.4 Å². The second-order valence-corrected chi connectivity index (χ2v) is 5.89. The van der Waals surface area contributed by atoms with Crippen molar-refractivity contribution in [1.82, 2.24) is 5.32 Å². The average molecular weight is 303 g/mol. The maximum absolute atomic E-state index is 12.1. The van der Waals surface area contributed by atoms with Gasteiger partial charge in [-0.1, -0.05) is 49.8 Å². The van der Waals surface area contributed by atoms with Crippen LogP contribution < -0.4 is 5.32 Å². The van der Waals surface area contributed by atoms with Gasteiger partial charge in [-0.05, 0) is 25.3 Å². The number of hydrogen-bond acceptors (Lipinski definition) is 2. The van der Waals surface area contributed by atoms with Crippen LogP contribution in [0, 0.1) is 5.92 Å². The van der Waals surface area contributed by atoms with Gasteiger partial charge in [0.25, 0.3) is 0 Å². The third-order valence-corrected chi connectivity index (χ3v) is 4.01. The van der Waals surface area contributed by atoms with Crippen molar-refractivity contribution >= 4 is 11.9 Å². The molecule has 1 amide bonds.